The quantitative estimate of drug-likeness (QED) is 0.141. The molecule has 3 aliphatic rings. The third-order valence-electron chi connectivity index (χ3n) is 6.25. The van der Waals surface area contributed by atoms with Crippen molar-refractivity contribution in [3.63, 3.8) is 0 Å². The largest absolute Gasteiger partial charge is 0.397 e. The Bertz CT molecular complexity index is 772. The van der Waals surface area contributed by atoms with Gasteiger partial charge >= 0.3 is 10.4 Å². The molecule has 0 aromatic heterocycles. The highest BCUT2D eigenvalue weighted by atomic mass is 32.3. The maximum Gasteiger partial charge on any atom is 0.397 e. The van der Waals surface area contributed by atoms with E-state index in [1.807, 2.05) is 6.92 Å². The summed E-state index contributed by atoms with van der Waals surface area (Å²) in [7, 11) is -5.08. The van der Waals surface area contributed by atoms with Crippen LogP contribution in [0.5, 0.6) is 0 Å². The Kier molecular flexibility index (Phi) is 9.24. The molecule has 3 fully saturated rings. The van der Waals surface area contributed by atoms with Gasteiger partial charge in [-0.1, -0.05) is 6.92 Å². The standard InChI is InChI=1S/C18H33NO14S/c1-3-7-15(8(4-19-7)30-17-13(24)12(23)10(21)6(2)29-17)32-18-14(25)16(33-34(26,27)28)11(22)9(5-20)31-18/h6-25H,3-5H2,1-2H3,(H,26,27,28)/t6-,7-,8+,9+,10+,11-,12+,13-,14+,15+,16-,17-,18-/m0/s1. The normalized spacial score (nSPS) is 48.2. The van der Waals surface area contributed by atoms with E-state index in [-0.39, 0.29) is 12.6 Å². The highest BCUT2D eigenvalue weighted by Gasteiger charge is 2.51. The number of hydrogen-bond acceptors (Lipinski definition) is 14. The van der Waals surface area contributed by atoms with Gasteiger partial charge in [-0.2, -0.15) is 8.42 Å². The summed E-state index contributed by atoms with van der Waals surface area (Å²) in [5.74, 6) is 0. The van der Waals surface area contributed by atoms with Crippen LogP contribution in [0, 0.1) is 0 Å². The van der Waals surface area contributed by atoms with E-state index >= 15 is 0 Å². The van der Waals surface area contributed by atoms with Crippen LogP contribution in [0.25, 0.3) is 0 Å². The molecule has 0 unspecified atom stereocenters. The molecule has 0 amide bonds. The van der Waals surface area contributed by atoms with Crippen LogP contribution < -0.4 is 5.32 Å². The van der Waals surface area contributed by atoms with Gasteiger partial charge in [-0.05, 0) is 13.3 Å². The first kappa shape index (κ1) is 28.0. The van der Waals surface area contributed by atoms with Crippen molar-refractivity contribution >= 4 is 10.4 Å². The van der Waals surface area contributed by atoms with E-state index in [1.54, 1.807) is 0 Å². The van der Waals surface area contributed by atoms with Crippen molar-refractivity contribution in [1.82, 2.24) is 5.32 Å². The van der Waals surface area contributed by atoms with Crippen molar-refractivity contribution in [2.24, 2.45) is 0 Å². The second kappa shape index (κ2) is 11.2. The number of ether oxygens (including phenoxy) is 4. The lowest BCUT2D eigenvalue weighted by molar-refractivity contribution is -0.332. The third kappa shape index (κ3) is 6.04. The monoisotopic (exact) mass is 519 g/mol. The van der Waals surface area contributed by atoms with Crippen LogP contribution in [0.15, 0.2) is 0 Å². The van der Waals surface area contributed by atoms with Crippen LogP contribution in [0.3, 0.4) is 0 Å². The summed E-state index contributed by atoms with van der Waals surface area (Å²) in [6.07, 6.45) is -16.4. The Hall–Kier alpha value is -0.570. The number of aliphatic hydroxyl groups excluding tert-OH is 6. The first-order valence-electron chi connectivity index (χ1n) is 10.9. The number of hydrogen-bond donors (Lipinski definition) is 8. The van der Waals surface area contributed by atoms with Gasteiger partial charge in [0, 0.05) is 12.6 Å². The maximum absolute atomic E-state index is 11.2. The van der Waals surface area contributed by atoms with Crippen LogP contribution >= 0.6 is 0 Å². The summed E-state index contributed by atoms with van der Waals surface area (Å²) in [6.45, 7) is 2.74. The topological polar surface area (TPSA) is 234 Å². The highest BCUT2D eigenvalue weighted by molar-refractivity contribution is 7.80. The van der Waals surface area contributed by atoms with Gasteiger partial charge in [0.1, 0.15) is 54.9 Å². The van der Waals surface area contributed by atoms with E-state index in [0.717, 1.165) is 0 Å². The molecule has 8 N–H and O–H groups in total. The van der Waals surface area contributed by atoms with E-state index in [4.69, 9.17) is 23.5 Å². The van der Waals surface area contributed by atoms with E-state index in [1.165, 1.54) is 6.92 Å². The first-order valence-corrected chi connectivity index (χ1v) is 12.3. The second-order valence-corrected chi connectivity index (χ2v) is 9.62. The zero-order valence-electron chi connectivity index (χ0n) is 18.5. The van der Waals surface area contributed by atoms with Crippen molar-refractivity contribution in [2.45, 2.75) is 99.9 Å². The summed E-state index contributed by atoms with van der Waals surface area (Å²) < 4.78 is 58.3. The van der Waals surface area contributed by atoms with Crippen LogP contribution in [-0.2, 0) is 33.5 Å². The summed E-state index contributed by atoms with van der Waals surface area (Å²) in [4.78, 5) is 0. The van der Waals surface area contributed by atoms with Gasteiger partial charge < -0.3 is 54.9 Å². The fourth-order valence-corrected chi connectivity index (χ4v) is 4.82. The van der Waals surface area contributed by atoms with Crippen LogP contribution in [0.4, 0.5) is 0 Å². The third-order valence-corrected chi connectivity index (χ3v) is 6.71. The maximum atomic E-state index is 11.2. The van der Waals surface area contributed by atoms with Crippen molar-refractivity contribution in [3.8, 4) is 0 Å². The molecule has 0 aromatic rings. The van der Waals surface area contributed by atoms with E-state index in [9.17, 15) is 39.1 Å². The molecule has 16 heteroatoms. The molecule has 3 rings (SSSR count). The smallest absolute Gasteiger partial charge is 0.394 e. The average Bonchev–Trinajstić information content (AvgIpc) is 3.15. The molecule has 0 radical (unpaired) electrons. The minimum atomic E-state index is -5.08. The van der Waals surface area contributed by atoms with Gasteiger partial charge in [0.15, 0.2) is 12.6 Å². The fourth-order valence-electron chi connectivity index (χ4n) is 4.32. The molecule has 0 saturated carbocycles. The number of aliphatic hydroxyl groups is 6. The zero-order chi connectivity index (χ0) is 25.4. The predicted octanol–water partition coefficient (Wildman–Crippen LogP) is -4.41. The van der Waals surface area contributed by atoms with Gasteiger partial charge in [0.2, 0.25) is 0 Å². The van der Waals surface area contributed by atoms with Crippen molar-refractivity contribution in [1.29, 1.82) is 0 Å². The number of rotatable bonds is 8. The van der Waals surface area contributed by atoms with Gasteiger partial charge in [-0.3, -0.25) is 4.55 Å². The van der Waals surface area contributed by atoms with Crippen LogP contribution in [0.1, 0.15) is 20.3 Å². The minimum absolute atomic E-state index is 0.197. The Labute approximate surface area is 196 Å². The second-order valence-electron chi connectivity index (χ2n) is 8.57. The molecule has 3 saturated heterocycles. The lowest BCUT2D eigenvalue weighted by Crippen LogP contribution is -2.62. The highest BCUT2D eigenvalue weighted by Crippen LogP contribution is 2.31. The Morgan fingerprint density at radius 1 is 0.912 bits per heavy atom. The Morgan fingerprint density at radius 2 is 1.56 bits per heavy atom. The van der Waals surface area contributed by atoms with Gasteiger partial charge in [0.05, 0.1) is 12.7 Å². The summed E-state index contributed by atoms with van der Waals surface area (Å²) >= 11 is 0. The molecule has 0 aliphatic carbocycles. The lowest BCUT2D eigenvalue weighted by Gasteiger charge is -2.43. The molecular weight excluding hydrogens is 486 g/mol. The van der Waals surface area contributed by atoms with Gasteiger partial charge in [0.25, 0.3) is 0 Å². The molecule has 34 heavy (non-hydrogen) atoms. The molecule has 3 heterocycles. The van der Waals surface area contributed by atoms with Crippen molar-refractivity contribution in [3.05, 3.63) is 0 Å². The lowest BCUT2D eigenvalue weighted by atomic mass is 9.99. The summed E-state index contributed by atoms with van der Waals surface area (Å²) in [5, 5.41) is 63.5. The van der Waals surface area contributed by atoms with E-state index in [0.29, 0.717) is 6.42 Å². The molecule has 0 bridgehead atoms. The molecule has 0 aromatic carbocycles. The van der Waals surface area contributed by atoms with Crippen LogP contribution in [-0.4, -0.2) is 136 Å². The number of nitrogens with one attached hydrogen (secondary N) is 1. The fraction of sp³-hybridized carbons (Fsp3) is 1.00. The summed E-state index contributed by atoms with van der Waals surface area (Å²) in [5.41, 5.74) is 0. The SMILES string of the molecule is CC[C@@H]1NC[C@@H](O[C@@H]2O[C@@H](C)[C@@H](O)[C@@H](O)[C@@H]2O)[C@@H]1O[C@@H]1O[C@H](CO)[C@H](O)[C@H](OS(=O)(=O)O)[C@H]1O. The molecule has 15 nitrogen and oxygen atoms in total. The zero-order valence-corrected chi connectivity index (χ0v) is 19.3. The molecule has 0 spiro atoms. The van der Waals surface area contributed by atoms with Crippen molar-refractivity contribution < 1.29 is 66.7 Å². The molecule has 200 valence electrons. The van der Waals surface area contributed by atoms with Gasteiger partial charge in [-0.15, -0.1) is 0 Å². The Morgan fingerprint density at radius 3 is 2.15 bits per heavy atom. The van der Waals surface area contributed by atoms with Gasteiger partial charge in [-0.25, -0.2) is 4.18 Å². The summed E-state index contributed by atoms with van der Waals surface area (Å²) in [6, 6.07) is -0.366. The molecule has 13 atom stereocenters. The van der Waals surface area contributed by atoms with Crippen LogP contribution in [0.2, 0.25) is 0 Å². The predicted molar refractivity (Wildman–Crippen MR) is 108 cm³/mol. The van der Waals surface area contributed by atoms with E-state index in [2.05, 4.69) is 9.50 Å². The average molecular weight is 520 g/mol. The molecule has 3 aliphatic heterocycles. The van der Waals surface area contributed by atoms with E-state index < -0.39 is 90.6 Å². The van der Waals surface area contributed by atoms with Crippen molar-refractivity contribution in [2.75, 3.05) is 13.2 Å². The minimum Gasteiger partial charge on any atom is -0.394 e. The molecular formula is C18H33NO14S. The first-order chi connectivity index (χ1) is 15.9. The Balaban J connectivity index is 1.76.